The fourth-order valence-electron chi connectivity index (χ4n) is 2.86. The van der Waals surface area contributed by atoms with E-state index >= 15 is 0 Å². The van der Waals surface area contributed by atoms with E-state index in [0.717, 1.165) is 42.0 Å². The zero-order chi connectivity index (χ0) is 15.6. The number of nitrogens with one attached hydrogen (secondary N) is 1. The van der Waals surface area contributed by atoms with Gasteiger partial charge in [0.05, 0.1) is 17.6 Å². The van der Waals surface area contributed by atoms with Crippen molar-refractivity contribution in [1.29, 1.82) is 0 Å². The Morgan fingerprint density at radius 3 is 2.78 bits per heavy atom. The van der Waals surface area contributed by atoms with E-state index in [0.29, 0.717) is 5.69 Å². The van der Waals surface area contributed by atoms with E-state index in [4.69, 9.17) is 0 Å². The number of hydrogen-bond donors (Lipinski definition) is 1. The minimum atomic E-state index is -0.273. The highest BCUT2D eigenvalue weighted by molar-refractivity contribution is 6.02. The number of hydrogen-bond acceptors (Lipinski definition) is 4. The van der Waals surface area contributed by atoms with Crippen LogP contribution < -0.4 is 5.32 Å². The molecule has 0 fully saturated rings. The lowest BCUT2D eigenvalue weighted by molar-refractivity contribution is 0.102. The van der Waals surface area contributed by atoms with E-state index in [1.165, 1.54) is 12.4 Å². The van der Waals surface area contributed by atoms with Gasteiger partial charge in [0.1, 0.15) is 11.5 Å². The van der Waals surface area contributed by atoms with Gasteiger partial charge in [-0.05, 0) is 31.4 Å². The van der Waals surface area contributed by atoms with Crippen LogP contribution >= 0.6 is 0 Å². The number of anilines is 1. The summed E-state index contributed by atoms with van der Waals surface area (Å²) < 4.78 is 1.80. The first kappa shape index (κ1) is 13.6. The minimum Gasteiger partial charge on any atom is -0.305 e. The van der Waals surface area contributed by atoms with Crippen molar-refractivity contribution in [2.24, 2.45) is 0 Å². The quantitative estimate of drug-likeness (QED) is 0.806. The number of para-hydroxylation sites is 1. The van der Waals surface area contributed by atoms with Gasteiger partial charge in [0.25, 0.3) is 5.91 Å². The maximum atomic E-state index is 12.4. The molecule has 1 aliphatic carbocycles. The van der Waals surface area contributed by atoms with Gasteiger partial charge < -0.3 is 5.32 Å². The van der Waals surface area contributed by atoms with Crippen molar-refractivity contribution in [2.75, 3.05) is 5.32 Å². The van der Waals surface area contributed by atoms with E-state index in [-0.39, 0.29) is 5.91 Å². The van der Waals surface area contributed by atoms with Gasteiger partial charge in [-0.25, -0.2) is 9.67 Å². The summed E-state index contributed by atoms with van der Waals surface area (Å²) in [5.74, 6) is 0.462. The van der Waals surface area contributed by atoms with Crippen LogP contribution in [0.2, 0.25) is 0 Å². The number of aromatic nitrogens is 4. The van der Waals surface area contributed by atoms with Crippen molar-refractivity contribution in [3.8, 4) is 5.69 Å². The molecule has 4 rings (SSSR count). The molecule has 0 saturated heterocycles. The summed E-state index contributed by atoms with van der Waals surface area (Å²) >= 11 is 0. The predicted molar refractivity (Wildman–Crippen MR) is 85.6 cm³/mol. The Hall–Kier alpha value is -3.02. The van der Waals surface area contributed by atoms with Crippen molar-refractivity contribution in [3.63, 3.8) is 0 Å². The van der Waals surface area contributed by atoms with Crippen LogP contribution in [0.3, 0.4) is 0 Å². The molecule has 1 aliphatic rings. The van der Waals surface area contributed by atoms with Crippen molar-refractivity contribution in [1.82, 2.24) is 19.7 Å². The summed E-state index contributed by atoms with van der Waals surface area (Å²) in [6, 6.07) is 9.81. The molecule has 1 N–H and O–H groups in total. The van der Waals surface area contributed by atoms with Crippen LogP contribution in [0.5, 0.6) is 0 Å². The molecule has 0 unspecified atom stereocenters. The topological polar surface area (TPSA) is 72.7 Å². The van der Waals surface area contributed by atoms with Crippen molar-refractivity contribution < 1.29 is 4.79 Å². The maximum absolute atomic E-state index is 12.4. The van der Waals surface area contributed by atoms with Crippen molar-refractivity contribution >= 4 is 11.7 Å². The first-order chi connectivity index (χ1) is 11.3. The van der Waals surface area contributed by atoms with E-state index in [9.17, 15) is 4.79 Å². The summed E-state index contributed by atoms with van der Waals surface area (Å²) in [5, 5.41) is 7.64. The molecular formula is C17H15N5O. The Morgan fingerprint density at radius 2 is 2.00 bits per heavy atom. The standard InChI is InChI=1S/C17H15N5O/c23-17(15-11-18-9-10-19-15)20-16-13-7-4-8-14(13)21-22(16)12-5-2-1-3-6-12/h1-3,5-6,9-11H,4,7-8H2,(H,20,23). The van der Waals surface area contributed by atoms with Gasteiger partial charge in [0, 0.05) is 18.0 Å². The third-order valence-corrected chi connectivity index (χ3v) is 3.94. The van der Waals surface area contributed by atoms with Gasteiger partial charge in [-0.1, -0.05) is 18.2 Å². The predicted octanol–water partition coefficient (Wildman–Crippen LogP) is 2.40. The van der Waals surface area contributed by atoms with Crippen LogP contribution in [0.4, 0.5) is 5.82 Å². The molecule has 0 saturated carbocycles. The summed E-state index contributed by atoms with van der Waals surface area (Å²) in [4.78, 5) is 20.4. The second kappa shape index (κ2) is 5.64. The van der Waals surface area contributed by atoms with Gasteiger partial charge in [-0.2, -0.15) is 5.10 Å². The smallest absolute Gasteiger partial charge is 0.277 e. The Balaban J connectivity index is 1.74. The number of carbonyl (C=O) groups excluding carboxylic acids is 1. The number of nitrogens with zero attached hydrogens (tertiary/aromatic N) is 4. The van der Waals surface area contributed by atoms with Gasteiger partial charge in [0.2, 0.25) is 0 Å². The molecular weight excluding hydrogens is 290 g/mol. The molecule has 2 aromatic heterocycles. The molecule has 3 aromatic rings. The molecule has 114 valence electrons. The SMILES string of the molecule is O=C(Nc1c2c(nn1-c1ccccc1)CCC2)c1cnccn1. The molecule has 1 aromatic carbocycles. The van der Waals surface area contributed by atoms with Crippen LogP contribution in [0.25, 0.3) is 5.69 Å². The average molecular weight is 305 g/mol. The number of benzene rings is 1. The molecule has 0 atom stereocenters. The molecule has 1 amide bonds. The Kier molecular flexibility index (Phi) is 3.34. The van der Waals surface area contributed by atoms with E-state index in [1.807, 2.05) is 30.3 Å². The highest BCUT2D eigenvalue weighted by atomic mass is 16.2. The molecule has 0 bridgehead atoms. The van der Waals surface area contributed by atoms with Crippen LogP contribution in [0, 0.1) is 0 Å². The first-order valence-electron chi connectivity index (χ1n) is 7.56. The van der Waals surface area contributed by atoms with E-state index in [2.05, 4.69) is 20.4 Å². The van der Waals surface area contributed by atoms with Gasteiger partial charge in [-0.15, -0.1) is 0 Å². The normalized spacial score (nSPS) is 12.9. The van der Waals surface area contributed by atoms with Gasteiger partial charge in [0.15, 0.2) is 0 Å². The lowest BCUT2D eigenvalue weighted by Gasteiger charge is -2.10. The molecule has 23 heavy (non-hydrogen) atoms. The lowest BCUT2D eigenvalue weighted by Crippen LogP contribution is -2.17. The minimum absolute atomic E-state index is 0.273. The second-order valence-corrected chi connectivity index (χ2v) is 5.42. The average Bonchev–Trinajstić information content (AvgIpc) is 3.19. The van der Waals surface area contributed by atoms with Crippen molar-refractivity contribution in [2.45, 2.75) is 19.3 Å². The first-order valence-corrected chi connectivity index (χ1v) is 7.56. The third-order valence-electron chi connectivity index (χ3n) is 3.94. The zero-order valence-electron chi connectivity index (χ0n) is 12.4. The Morgan fingerprint density at radius 1 is 1.13 bits per heavy atom. The summed E-state index contributed by atoms with van der Waals surface area (Å²) in [6.45, 7) is 0. The number of fused-ring (bicyclic) bond motifs is 1. The highest BCUT2D eigenvalue weighted by Crippen LogP contribution is 2.31. The number of carbonyl (C=O) groups is 1. The monoisotopic (exact) mass is 305 g/mol. The molecule has 2 heterocycles. The Labute approximate surface area is 133 Å². The maximum Gasteiger partial charge on any atom is 0.277 e. The fraction of sp³-hybridized carbons (Fsp3) is 0.176. The van der Waals surface area contributed by atoms with E-state index in [1.54, 1.807) is 10.9 Å². The van der Waals surface area contributed by atoms with Gasteiger partial charge in [-0.3, -0.25) is 9.78 Å². The molecule has 6 nitrogen and oxygen atoms in total. The van der Waals surface area contributed by atoms with Crippen LogP contribution in [-0.2, 0) is 12.8 Å². The highest BCUT2D eigenvalue weighted by Gasteiger charge is 2.24. The summed E-state index contributed by atoms with van der Waals surface area (Å²) in [6.07, 6.45) is 7.46. The number of aryl methyl sites for hydroxylation is 1. The summed E-state index contributed by atoms with van der Waals surface area (Å²) in [5.41, 5.74) is 3.39. The molecule has 6 heteroatoms. The molecule has 0 spiro atoms. The fourth-order valence-corrected chi connectivity index (χ4v) is 2.86. The molecule has 0 radical (unpaired) electrons. The van der Waals surface area contributed by atoms with Crippen molar-refractivity contribution in [3.05, 3.63) is 65.9 Å². The van der Waals surface area contributed by atoms with Gasteiger partial charge >= 0.3 is 0 Å². The van der Waals surface area contributed by atoms with E-state index < -0.39 is 0 Å². The molecule has 0 aliphatic heterocycles. The zero-order valence-corrected chi connectivity index (χ0v) is 12.4. The largest absolute Gasteiger partial charge is 0.305 e. The lowest BCUT2D eigenvalue weighted by atomic mass is 10.2. The number of rotatable bonds is 3. The summed E-state index contributed by atoms with van der Waals surface area (Å²) in [7, 11) is 0. The second-order valence-electron chi connectivity index (χ2n) is 5.42. The van der Waals surface area contributed by atoms with Crippen LogP contribution in [-0.4, -0.2) is 25.7 Å². The Bertz CT molecular complexity index is 842. The van der Waals surface area contributed by atoms with Crippen LogP contribution in [0.15, 0.2) is 48.9 Å². The number of amides is 1. The third kappa shape index (κ3) is 2.48. The van der Waals surface area contributed by atoms with Crippen LogP contribution in [0.1, 0.15) is 28.2 Å².